The van der Waals surface area contributed by atoms with Crippen molar-refractivity contribution in [1.29, 1.82) is 0 Å². The zero-order valence-electron chi connectivity index (χ0n) is 18.5. The molecule has 0 aliphatic heterocycles. The highest BCUT2D eigenvalue weighted by atomic mass is 32.2. The van der Waals surface area contributed by atoms with E-state index in [1.165, 1.54) is 0 Å². The fourth-order valence-corrected chi connectivity index (χ4v) is 4.67. The van der Waals surface area contributed by atoms with Gasteiger partial charge in [0.25, 0.3) is 0 Å². The molecular formula is C22H24N4O5S2. The Balaban J connectivity index is 1.66. The second kappa shape index (κ2) is 11.6. The van der Waals surface area contributed by atoms with Crippen molar-refractivity contribution in [2.45, 2.75) is 32.3 Å². The molecular weight excluding hydrogens is 464 g/mol. The number of ether oxygens (including phenoxy) is 2. The Bertz CT molecular complexity index is 1130. The first-order chi connectivity index (χ1) is 15.9. The molecule has 9 nitrogen and oxygen atoms in total. The molecule has 0 fully saturated rings. The zero-order valence-corrected chi connectivity index (χ0v) is 20.1. The van der Waals surface area contributed by atoms with Crippen LogP contribution < -0.4 is 5.32 Å². The van der Waals surface area contributed by atoms with Crippen LogP contribution in [0, 0.1) is 6.92 Å². The quantitative estimate of drug-likeness (QED) is 0.326. The van der Waals surface area contributed by atoms with Crippen molar-refractivity contribution in [3.8, 4) is 0 Å². The van der Waals surface area contributed by atoms with Gasteiger partial charge in [-0.2, -0.15) is 0 Å². The maximum absolute atomic E-state index is 12.6. The lowest BCUT2D eigenvalue weighted by Gasteiger charge is -2.06. The third-order valence-electron chi connectivity index (χ3n) is 4.40. The van der Waals surface area contributed by atoms with E-state index >= 15 is 0 Å². The van der Waals surface area contributed by atoms with Crippen LogP contribution in [0.25, 0.3) is 0 Å². The van der Waals surface area contributed by atoms with E-state index in [-0.39, 0.29) is 40.3 Å². The summed E-state index contributed by atoms with van der Waals surface area (Å²) in [5.41, 5.74) is 1.67. The number of amides is 1. The number of nitrogens with zero attached hydrogens (tertiary/aromatic N) is 2. The average Bonchev–Trinajstić information content (AvgIpc) is 3.37. The number of rotatable bonds is 10. The summed E-state index contributed by atoms with van der Waals surface area (Å²) >= 11 is 2.15. The molecule has 11 heteroatoms. The highest BCUT2D eigenvalue weighted by Crippen LogP contribution is 2.34. The molecule has 0 saturated heterocycles. The molecule has 33 heavy (non-hydrogen) atoms. The lowest BCUT2D eigenvalue weighted by Crippen LogP contribution is -2.16. The van der Waals surface area contributed by atoms with Crippen molar-refractivity contribution in [1.82, 2.24) is 15.2 Å². The maximum Gasteiger partial charge on any atom is 0.348 e. The molecule has 3 aromatic rings. The molecule has 0 atom stereocenters. The Labute approximate surface area is 199 Å². The number of nitrogens with one attached hydrogen (secondary N) is 2. The van der Waals surface area contributed by atoms with E-state index in [4.69, 9.17) is 9.47 Å². The number of aromatic amines is 1. The summed E-state index contributed by atoms with van der Waals surface area (Å²) in [5, 5.41) is 10.4. The van der Waals surface area contributed by atoms with Crippen molar-refractivity contribution in [2.75, 3.05) is 24.3 Å². The van der Waals surface area contributed by atoms with Crippen LogP contribution in [0.3, 0.4) is 0 Å². The SMILES string of the molecule is CCOC(=O)c1sc(NC(=O)CSc2n[nH]c(Cc3ccccc3)n2)c(C(=O)OCC)c1C. The Morgan fingerprint density at radius 2 is 1.79 bits per heavy atom. The van der Waals surface area contributed by atoms with Crippen LogP contribution in [0.15, 0.2) is 35.5 Å². The summed E-state index contributed by atoms with van der Waals surface area (Å²) in [6, 6.07) is 9.85. The molecule has 174 valence electrons. The van der Waals surface area contributed by atoms with E-state index in [0.29, 0.717) is 23.0 Å². The predicted octanol–water partition coefficient (Wildman–Crippen LogP) is 3.85. The number of hydrogen-bond donors (Lipinski definition) is 2. The topological polar surface area (TPSA) is 123 Å². The van der Waals surface area contributed by atoms with E-state index in [1.807, 2.05) is 30.3 Å². The molecule has 1 amide bonds. The van der Waals surface area contributed by atoms with Crippen molar-refractivity contribution < 1.29 is 23.9 Å². The van der Waals surface area contributed by atoms with Gasteiger partial charge in [0.15, 0.2) is 0 Å². The van der Waals surface area contributed by atoms with Gasteiger partial charge in [-0.3, -0.25) is 9.89 Å². The minimum atomic E-state index is -0.607. The molecule has 0 bridgehead atoms. The largest absolute Gasteiger partial charge is 0.462 e. The Morgan fingerprint density at radius 1 is 1.09 bits per heavy atom. The number of H-pyrrole nitrogens is 1. The number of thioether (sulfide) groups is 1. The minimum absolute atomic E-state index is 0.0244. The van der Waals surface area contributed by atoms with Crippen molar-refractivity contribution in [3.63, 3.8) is 0 Å². The Morgan fingerprint density at radius 3 is 2.48 bits per heavy atom. The summed E-state index contributed by atoms with van der Waals surface area (Å²) in [7, 11) is 0. The number of thiophene rings is 1. The van der Waals surface area contributed by atoms with Crippen molar-refractivity contribution >= 4 is 45.9 Å². The van der Waals surface area contributed by atoms with Crippen LogP contribution >= 0.6 is 23.1 Å². The first kappa shape index (κ1) is 24.5. The molecule has 0 radical (unpaired) electrons. The first-order valence-electron chi connectivity index (χ1n) is 10.3. The fraction of sp³-hybridized carbons (Fsp3) is 0.318. The molecule has 0 unspecified atom stereocenters. The highest BCUT2D eigenvalue weighted by molar-refractivity contribution is 7.99. The fourth-order valence-electron chi connectivity index (χ4n) is 2.95. The normalized spacial score (nSPS) is 10.6. The number of hydrogen-bond acceptors (Lipinski definition) is 9. The van der Waals surface area contributed by atoms with Gasteiger partial charge in [-0.25, -0.2) is 14.6 Å². The Kier molecular flexibility index (Phi) is 8.61. The molecule has 0 spiro atoms. The van der Waals surface area contributed by atoms with Gasteiger partial charge < -0.3 is 14.8 Å². The van der Waals surface area contributed by atoms with Crippen LogP contribution in [-0.2, 0) is 20.7 Å². The lowest BCUT2D eigenvalue weighted by molar-refractivity contribution is -0.113. The minimum Gasteiger partial charge on any atom is -0.462 e. The summed E-state index contributed by atoms with van der Waals surface area (Å²) in [6.07, 6.45) is 0.606. The van der Waals surface area contributed by atoms with E-state index in [1.54, 1.807) is 20.8 Å². The highest BCUT2D eigenvalue weighted by Gasteiger charge is 2.27. The molecule has 1 aromatic carbocycles. The summed E-state index contributed by atoms with van der Waals surface area (Å²) in [6.45, 7) is 5.38. The van der Waals surface area contributed by atoms with E-state index < -0.39 is 11.9 Å². The average molecular weight is 489 g/mol. The second-order valence-electron chi connectivity index (χ2n) is 6.77. The van der Waals surface area contributed by atoms with Gasteiger partial charge in [0.1, 0.15) is 15.7 Å². The van der Waals surface area contributed by atoms with Crippen LogP contribution in [0.4, 0.5) is 5.00 Å². The molecule has 3 rings (SSSR count). The number of carbonyl (C=O) groups excluding carboxylic acids is 3. The standard InChI is InChI=1S/C22H24N4O5S2/c1-4-30-20(28)17-13(3)18(21(29)31-5-2)33-19(17)24-16(27)12-32-22-23-15(25-26-22)11-14-9-7-6-8-10-14/h6-10H,4-5,11-12H2,1-3H3,(H,24,27)(H,23,25,26). The zero-order chi connectivity index (χ0) is 23.8. The number of aromatic nitrogens is 3. The van der Waals surface area contributed by atoms with Gasteiger partial charge in [-0.05, 0) is 31.9 Å². The molecule has 0 aliphatic carbocycles. The third kappa shape index (κ3) is 6.42. The van der Waals surface area contributed by atoms with Gasteiger partial charge in [-0.15, -0.1) is 16.4 Å². The molecule has 2 aromatic heterocycles. The van der Waals surface area contributed by atoms with Crippen LogP contribution in [0.2, 0.25) is 0 Å². The van der Waals surface area contributed by atoms with Crippen molar-refractivity contribution in [2.24, 2.45) is 0 Å². The Hall–Kier alpha value is -3.18. The van der Waals surface area contributed by atoms with Gasteiger partial charge in [0.05, 0.1) is 24.5 Å². The van der Waals surface area contributed by atoms with E-state index in [0.717, 1.165) is 28.7 Å². The van der Waals surface area contributed by atoms with Gasteiger partial charge >= 0.3 is 11.9 Å². The number of esters is 2. The van der Waals surface area contributed by atoms with Crippen LogP contribution in [0.1, 0.15) is 50.8 Å². The smallest absolute Gasteiger partial charge is 0.348 e. The van der Waals surface area contributed by atoms with Crippen LogP contribution in [0.5, 0.6) is 0 Å². The number of carbonyl (C=O) groups is 3. The summed E-state index contributed by atoms with van der Waals surface area (Å²) in [5.74, 6) is -0.800. The van der Waals surface area contributed by atoms with E-state index in [2.05, 4.69) is 20.5 Å². The van der Waals surface area contributed by atoms with E-state index in [9.17, 15) is 14.4 Å². The predicted molar refractivity (Wildman–Crippen MR) is 126 cm³/mol. The number of benzene rings is 1. The van der Waals surface area contributed by atoms with Crippen molar-refractivity contribution in [3.05, 3.63) is 57.7 Å². The molecule has 2 heterocycles. The van der Waals surface area contributed by atoms with Gasteiger partial charge in [0.2, 0.25) is 11.1 Å². The maximum atomic E-state index is 12.6. The first-order valence-corrected chi connectivity index (χ1v) is 12.1. The number of anilines is 1. The summed E-state index contributed by atoms with van der Waals surface area (Å²) in [4.78, 5) is 41.9. The second-order valence-corrected chi connectivity index (χ2v) is 8.73. The molecule has 0 aliphatic rings. The lowest BCUT2D eigenvalue weighted by atomic mass is 10.1. The summed E-state index contributed by atoms with van der Waals surface area (Å²) < 4.78 is 10.2. The van der Waals surface area contributed by atoms with Crippen LogP contribution in [-0.4, -0.2) is 52.0 Å². The third-order valence-corrected chi connectivity index (χ3v) is 6.43. The van der Waals surface area contributed by atoms with Gasteiger partial charge in [0, 0.05) is 6.42 Å². The molecule has 0 saturated carbocycles. The van der Waals surface area contributed by atoms with Gasteiger partial charge in [-0.1, -0.05) is 42.1 Å². The molecule has 2 N–H and O–H groups in total. The monoisotopic (exact) mass is 488 g/mol.